The van der Waals surface area contributed by atoms with E-state index < -0.39 is 0 Å². The molecule has 4 heteroatoms. The van der Waals surface area contributed by atoms with Crippen molar-refractivity contribution < 1.29 is 14.2 Å². The molecule has 1 saturated carbocycles. The van der Waals surface area contributed by atoms with Crippen LogP contribution in [-0.4, -0.2) is 50.7 Å². The Labute approximate surface area is 97.6 Å². The summed E-state index contributed by atoms with van der Waals surface area (Å²) in [6, 6.07) is 0.470. The summed E-state index contributed by atoms with van der Waals surface area (Å²) in [5, 5.41) is 3.44. The van der Waals surface area contributed by atoms with E-state index in [1.165, 1.54) is 0 Å². The smallest absolute Gasteiger partial charge is 0.0990 e. The topological polar surface area (TPSA) is 39.7 Å². The summed E-state index contributed by atoms with van der Waals surface area (Å²) < 4.78 is 17.1. The molecule has 0 amide bonds. The van der Waals surface area contributed by atoms with Crippen LogP contribution in [0.4, 0.5) is 0 Å². The summed E-state index contributed by atoms with van der Waals surface area (Å²) in [5.74, 6) is 0. The van der Waals surface area contributed by atoms with E-state index >= 15 is 0 Å². The molecule has 0 spiro atoms. The van der Waals surface area contributed by atoms with Crippen LogP contribution in [0.25, 0.3) is 0 Å². The minimum Gasteiger partial charge on any atom is -0.379 e. The standard InChI is InChI=1S/C12H23NO3/c1-3-13-10-7-11(12(10)15-4-2)16-9-5-6-14-8-9/h9-13H,3-8H2,1-2H3. The number of rotatable bonds is 6. The second-order valence-corrected chi connectivity index (χ2v) is 4.48. The van der Waals surface area contributed by atoms with Crippen molar-refractivity contribution in [3.8, 4) is 0 Å². The molecule has 0 aromatic heterocycles. The fourth-order valence-corrected chi connectivity index (χ4v) is 2.46. The van der Waals surface area contributed by atoms with Crippen molar-refractivity contribution in [2.24, 2.45) is 0 Å². The molecule has 4 unspecified atom stereocenters. The third-order valence-corrected chi connectivity index (χ3v) is 3.33. The summed E-state index contributed by atoms with van der Waals surface area (Å²) in [7, 11) is 0. The first-order valence-corrected chi connectivity index (χ1v) is 6.43. The molecule has 2 fully saturated rings. The monoisotopic (exact) mass is 229 g/mol. The average molecular weight is 229 g/mol. The molecule has 2 rings (SSSR count). The molecule has 0 radical (unpaired) electrons. The molecule has 1 aliphatic carbocycles. The lowest BCUT2D eigenvalue weighted by atomic mass is 9.85. The number of nitrogens with one attached hydrogen (secondary N) is 1. The second kappa shape index (κ2) is 5.96. The molecule has 1 N–H and O–H groups in total. The van der Waals surface area contributed by atoms with Gasteiger partial charge in [-0.15, -0.1) is 0 Å². The molecule has 16 heavy (non-hydrogen) atoms. The summed E-state index contributed by atoms with van der Waals surface area (Å²) in [6.45, 7) is 7.51. The van der Waals surface area contributed by atoms with Gasteiger partial charge in [-0.3, -0.25) is 0 Å². The zero-order valence-electron chi connectivity index (χ0n) is 10.3. The molecule has 4 atom stereocenters. The number of hydrogen-bond acceptors (Lipinski definition) is 4. The number of ether oxygens (including phenoxy) is 3. The van der Waals surface area contributed by atoms with Gasteiger partial charge in [-0.05, 0) is 26.3 Å². The van der Waals surface area contributed by atoms with Crippen LogP contribution >= 0.6 is 0 Å². The molecule has 1 aliphatic heterocycles. The Morgan fingerprint density at radius 1 is 1.38 bits per heavy atom. The molecule has 2 aliphatic rings. The molecular formula is C12H23NO3. The Balaban J connectivity index is 1.76. The van der Waals surface area contributed by atoms with Crippen molar-refractivity contribution in [1.29, 1.82) is 0 Å². The quantitative estimate of drug-likeness (QED) is 0.736. The van der Waals surface area contributed by atoms with E-state index in [4.69, 9.17) is 14.2 Å². The minimum atomic E-state index is 0.227. The fourth-order valence-electron chi connectivity index (χ4n) is 2.46. The summed E-state index contributed by atoms with van der Waals surface area (Å²) in [6.07, 6.45) is 2.87. The Hall–Kier alpha value is -0.160. The molecule has 1 saturated heterocycles. The van der Waals surface area contributed by atoms with Crippen molar-refractivity contribution in [2.45, 2.75) is 51.0 Å². The highest BCUT2D eigenvalue weighted by molar-refractivity contribution is 4.97. The van der Waals surface area contributed by atoms with E-state index in [1.807, 2.05) is 6.92 Å². The molecule has 0 aromatic carbocycles. The van der Waals surface area contributed by atoms with Gasteiger partial charge in [-0.2, -0.15) is 0 Å². The third kappa shape index (κ3) is 2.74. The van der Waals surface area contributed by atoms with Gasteiger partial charge in [-0.25, -0.2) is 0 Å². The maximum atomic E-state index is 6.00. The Morgan fingerprint density at radius 2 is 2.25 bits per heavy atom. The summed E-state index contributed by atoms with van der Waals surface area (Å²) >= 11 is 0. The number of likely N-dealkylation sites (N-methyl/N-ethyl adjacent to an activating group) is 1. The van der Waals surface area contributed by atoms with Crippen LogP contribution in [0.1, 0.15) is 26.7 Å². The van der Waals surface area contributed by atoms with Gasteiger partial charge in [0.05, 0.1) is 24.9 Å². The van der Waals surface area contributed by atoms with Crippen LogP contribution in [0.5, 0.6) is 0 Å². The van der Waals surface area contributed by atoms with E-state index in [0.29, 0.717) is 6.04 Å². The lowest BCUT2D eigenvalue weighted by Crippen LogP contribution is -2.60. The van der Waals surface area contributed by atoms with Gasteiger partial charge in [0, 0.05) is 19.3 Å². The summed E-state index contributed by atoms with van der Waals surface area (Å²) in [4.78, 5) is 0. The van der Waals surface area contributed by atoms with Gasteiger partial charge in [-0.1, -0.05) is 6.92 Å². The van der Waals surface area contributed by atoms with Crippen LogP contribution < -0.4 is 5.32 Å². The van der Waals surface area contributed by atoms with Gasteiger partial charge in [0.2, 0.25) is 0 Å². The largest absolute Gasteiger partial charge is 0.379 e. The highest BCUT2D eigenvalue weighted by atomic mass is 16.6. The second-order valence-electron chi connectivity index (χ2n) is 4.48. The normalized spacial score (nSPS) is 38.6. The van der Waals surface area contributed by atoms with Gasteiger partial charge in [0.15, 0.2) is 0 Å². The lowest BCUT2D eigenvalue weighted by Gasteiger charge is -2.45. The predicted octanol–water partition coefficient (Wildman–Crippen LogP) is 0.947. The first-order valence-electron chi connectivity index (χ1n) is 6.43. The van der Waals surface area contributed by atoms with Crippen LogP contribution in [0.3, 0.4) is 0 Å². The SMILES string of the molecule is CCNC1CC(OC2CCOC2)C1OCC. The third-order valence-electron chi connectivity index (χ3n) is 3.33. The van der Waals surface area contributed by atoms with Crippen molar-refractivity contribution in [3.63, 3.8) is 0 Å². The van der Waals surface area contributed by atoms with Gasteiger partial charge < -0.3 is 19.5 Å². The van der Waals surface area contributed by atoms with E-state index in [9.17, 15) is 0 Å². The van der Waals surface area contributed by atoms with Crippen LogP contribution in [-0.2, 0) is 14.2 Å². The van der Waals surface area contributed by atoms with Crippen molar-refractivity contribution in [3.05, 3.63) is 0 Å². The number of hydrogen-bond donors (Lipinski definition) is 1. The Bertz CT molecular complexity index is 206. The fraction of sp³-hybridized carbons (Fsp3) is 1.00. The highest BCUT2D eigenvalue weighted by Crippen LogP contribution is 2.29. The first-order chi connectivity index (χ1) is 7.85. The van der Waals surface area contributed by atoms with Crippen molar-refractivity contribution in [1.82, 2.24) is 5.32 Å². The zero-order valence-corrected chi connectivity index (χ0v) is 10.3. The van der Waals surface area contributed by atoms with Crippen molar-refractivity contribution >= 4 is 0 Å². The zero-order chi connectivity index (χ0) is 11.4. The Morgan fingerprint density at radius 3 is 2.88 bits per heavy atom. The molecule has 4 nitrogen and oxygen atoms in total. The molecular weight excluding hydrogens is 206 g/mol. The molecule has 0 bridgehead atoms. The predicted molar refractivity (Wildman–Crippen MR) is 61.6 cm³/mol. The van der Waals surface area contributed by atoms with E-state index in [2.05, 4.69) is 12.2 Å². The van der Waals surface area contributed by atoms with Crippen LogP contribution in [0.15, 0.2) is 0 Å². The van der Waals surface area contributed by atoms with Crippen LogP contribution in [0.2, 0.25) is 0 Å². The van der Waals surface area contributed by atoms with E-state index in [1.54, 1.807) is 0 Å². The van der Waals surface area contributed by atoms with E-state index in [-0.39, 0.29) is 18.3 Å². The van der Waals surface area contributed by atoms with Gasteiger partial charge in [0.1, 0.15) is 0 Å². The Kier molecular flexibility index (Phi) is 4.58. The summed E-state index contributed by atoms with van der Waals surface area (Å²) in [5.41, 5.74) is 0. The van der Waals surface area contributed by atoms with Crippen LogP contribution in [0, 0.1) is 0 Å². The lowest BCUT2D eigenvalue weighted by molar-refractivity contribution is -0.165. The molecule has 0 aromatic rings. The average Bonchev–Trinajstić information content (AvgIpc) is 2.77. The van der Waals surface area contributed by atoms with Gasteiger partial charge in [0.25, 0.3) is 0 Å². The highest BCUT2D eigenvalue weighted by Gasteiger charge is 2.43. The first kappa shape index (κ1) is 12.3. The van der Waals surface area contributed by atoms with E-state index in [0.717, 1.165) is 39.2 Å². The van der Waals surface area contributed by atoms with Crippen molar-refractivity contribution in [2.75, 3.05) is 26.4 Å². The maximum Gasteiger partial charge on any atom is 0.0990 e. The van der Waals surface area contributed by atoms with Gasteiger partial charge >= 0.3 is 0 Å². The molecule has 1 heterocycles. The maximum absolute atomic E-state index is 6.00. The molecule has 94 valence electrons. The minimum absolute atomic E-state index is 0.227.